The Hall–Kier alpha value is -1.87. The van der Waals surface area contributed by atoms with Gasteiger partial charge in [-0.3, -0.25) is 0 Å². The number of nitrogens with one attached hydrogen (secondary N) is 1. The molecule has 0 aromatic heterocycles. The van der Waals surface area contributed by atoms with E-state index in [9.17, 15) is 4.39 Å². The van der Waals surface area contributed by atoms with E-state index in [1.807, 2.05) is 31.3 Å². The monoisotopic (exact) mass is 286 g/mol. The second-order valence-corrected chi connectivity index (χ2v) is 5.51. The van der Waals surface area contributed by atoms with Gasteiger partial charge in [-0.1, -0.05) is 30.3 Å². The number of anilines is 1. The molecule has 21 heavy (non-hydrogen) atoms. The van der Waals surface area contributed by atoms with Crippen LogP contribution in [-0.4, -0.2) is 13.1 Å². The summed E-state index contributed by atoms with van der Waals surface area (Å²) < 4.78 is 13.5. The summed E-state index contributed by atoms with van der Waals surface area (Å²) in [5, 5.41) is 3.12. The molecule has 2 rings (SSSR count). The van der Waals surface area contributed by atoms with Crippen LogP contribution in [0.15, 0.2) is 48.5 Å². The van der Waals surface area contributed by atoms with Crippen molar-refractivity contribution in [1.29, 1.82) is 0 Å². The van der Waals surface area contributed by atoms with Crippen LogP contribution < -0.4 is 10.2 Å². The average Bonchev–Trinajstić information content (AvgIpc) is 2.47. The van der Waals surface area contributed by atoms with Crippen LogP contribution in [-0.2, 0) is 13.1 Å². The quantitative estimate of drug-likeness (QED) is 0.864. The minimum absolute atomic E-state index is 0.188. The van der Waals surface area contributed by atoms with E-state index in [0.29, 0.717) is 12.6 Å². The summed E-state index contributed by atoms with van der Waals surface area (Å²) in [6.45, 7) is 5.80. The molecule has 0 saturated heterocycles. The summed E-state index contributed by atoms with van der Waals surface area (Å²) in [5.41, 5.74) is 3.33. The predicted octanol–water partition coefficient (Wildman–Crippen LogP) is 3.96. The zero-order valence-electron chi connectivity index (χ0n) is 12.9. The lowest BCUT2D eigenvalue weighted by molar-refractivity contribution is 0.619. The Kier molecular flexibility index (Phi) is 5.34. The number of halogens is 1. The molecule has 2 aromatic rings. The van der Waals surface area contributed by atoms with Crippen LogP contribution in [0.2, 0.25) is 0 Å². The summed E-state index contributed by atoms with van der Waals surface area (Å²) in [6, 6.07) is 15.7. The lowest BCUT2D eigenvalue weighted by atomic mass is 10.1. The number of hydrogen-bond donors (Lipinski definition) is 1. The van der Waals surface area contributed by atoms with Gasteiger partial charge in [-0.15, -0.1) is 0 Å². The van der Waals surface area contributed by atoms with Crippen LogP contribution in [0, 0.1) is 5.82 Å². The topological polar surface area (TPSA) is 15.3 Å². The second kappa shape index (κ2) is 7.23. The van der Waals surface area contributed by atoms with Gasteiger partial charge in [0.15, 0.2) is 0 Å². The van der Waals surface area contributed by atoms with Crippen molar-refractivity contribution in [3.63, 3.8) is 0 Å². The van der Waals surface area contributed by atoms with Gasteiger partial charge < -0.3 is 10.2 Å². The van der Waals surface area contributed by atoms with E-state index < -0.39 is 0 Å². The summed E-state index contributed by atoms with van der Waals surface area (Å²) in [7, 11) is 1.88. The molecule has 112 valence electrons. The summed E-state index contributed by atoms with van der Waals surface area (Å²) in [5.74, 6) is -0.188. The Morgan fingerprint density at radius 1 is 1.10 bits per heavy atom. The first-order valence-corrected chi connectivity index (χ1v) is 7.35. The van der Waals surface area contributed by atoms with Crippen LogP contribution in [0.5, 0.6) is 0 Å². The third kappa shape index (κ3) is 4.05. The molecule has 0 unspecified atom stereocenters. The summed E-state index contributed by atoms with van der Waals surface area (Å²) >= 11 is 0. The molecular formula is C18H23FN2. The number of nitrogens with zero attached hydrogens (tertiary/aromatic N) is 1. The molecule has 0 aliphatic heterocycles. The van der Waals surface area contributed by atoms with Crippen molar-refractivity contribution < 1.29 is 4.39 Å². The number of hydrogen-bond acceptors (Lipinski definition) is 2. The Morgan fingerprint density at radius 3 is 2.43 bits per heavy atom. The molecule has 0 radical (unpaired) electrons. The number of rotatable bonds is 6. The van der Waals surface area contributed by atoms with Gasteiger partial charge in [0.05, 0.1) is 0 Å². The molecular weight excluding hydrogens is 263 g/mol. The fraction of sp³-hybridized carbons (Fsp3) is 0.333. The van der Waals surface area contributed by atoms with Crippen LogP contribution >= 0.6 is 0 Å². The fourth-order valence-electron chi connectivity index (χ4n) is 2.49. The summed E-state index contributed by atoms with van der Waals surface area (Å²) in [6.07, 6.45) is 0. The molecule has 0 spiro atoms. The van der Waals surface area contributed by atoms with Crippen molar-refractivity contribution in [3.05, 3.63) is 65.5 Å². The Balaban J connectivity index is 2.34. The fourth-order valence-corrected chi connectivity index (χ4v) is 2.49. The highest BCUT2D eigenvalue weighted by Gasteiger charge is 2.15. The minimum Gasteiger partial charge on any atom is -0.365 e. The van der Waals surface area contributed by atoms with E-state index in [2.05, 4.69) is 36.2 Å². The molecule has 0 fully saturated rings. The lowest BCUT2D eigenvalue weighted by Crippen LogP contribution is -2.31. The first kappa shape index (κ1) is 15.5. The van der Waals surface area contributed by atoms with Gasteiger partial charge in [0.1, 0.15) is 5.82 Å². The van der Waals surface area contributed by atoms with Crippen LogP contribution in [0.1, 0.15) is 25.0 Å². The Labute approximate surface area is 126 Å². The predicted molar refractivity (Wildman–Crippen MR) is 86.9 cm³/mol. The van der Waals surface area contributed by atoms with E-state index >= 15 is 0 Å². The molecule has 0 heterocycles. The Bertz CT molecular complexity index is 567. The van der Waals surface area contributed by atoms with Crippen molar-refractivity contribution in [2.24, 2.45) is 0 Å². The molecule has 0 bridgehead atoms. The van der Waals surface area contributed by atoms with Gasteiger partial charge >= 0.3 is 0 Å². The highest BCUT2D eigenvalue weighted by atomic mass is 19.1. The van der Waals surface area contributed by atoms with Gasteiger partial charge in [-0.05, 0) is 50.2 Å². The van der Waals surface area contributed by atoms with Crippen molar-refractivity contribution >= 4 is 5.69 Å². The van der Waals surface area contributed by atoms with Gasteiger partial charge in [-0.25, -0.2) is 4.39 Å². The van der Waals surface area contributed by atoms with E-state index in [4.69, 9.17) is 0 Å². The van der Waals surface area contributed by atoms with Gasteiger partial charge in [0, 0.05) is 24.8 Å². The SMILES string of the molecule is CNCc1cc(F)ccc1N(Cc1ccccc1)C(C)C. The van der Waals surface area contributed by atoms with E-state index in [1.165, 1.54) is 11.6 Å². The lowest BCUT2D eigenvalue weighted by Gasteiger charge is -2.31. The first-order valence-electron chi connectivity index (χ1n) is 7.35. The first-order chi connectivity index (χ1) is 10.1. The third-order valence-corrected chi connectivity index (χ3v) is 3.54. The molecule has 0 atom stereocenters. The average molecular weight is 286 g/mol. The zero-order valence-corrected chi connectivity index (χ0v) is 12.9. The molecule has 1 N–H and O–H groups in total. The third-order valence-electron chi connectivity index (χ3n) is 3.54. The smallest absolute Gasteiger partial charge is 0.123 e. The minimum atomic E-state index is -0.188. The molecule has 0 aliphatic rings. The van der Waals surface area contributed by atoms with E-state index in [0.717, 1.165) is 17.8 Å². The van der Waals surface area contributed by atoms with Crippen LogP contribution in [0.3, 0.4) is 0 Å². The van der Waals surface area contributed by atoms with Gasteiger partial charge in [0.2, 0.25) is 0 Å². The molecule has 3 heteroatoms. The Morgan fingerprint density at radius 2 is 1.81 bits per heavy atom. The molecule has 0 amide bonds. The standard InChI is InChI=1S/C18H23FN2/c1-14(2)21(13-15-7-5-4-6-8-15)18-10-9-17(19)11-16(18)12-20-3/h4-11,14,20H,12-13H2,1-3H3. The van der Waals surface area contributed by atoms with E-state index in [-0.39, 0.29) is 5.82 Å². The summed E-state index contributed by atoms with van der Waals surface area (Å²) in [4.78, 5) is 2.31. The zero-order chi connectivity index (χ0) is 15.2. The normalized spacial score (nSPS) is 10.9. The molecule has 0 saturated carbocycles. The van der Waals surface area contributed by atoms with Crippen molar-refractivity contribution in [1.82, 2.24) is 5.32 Å². The van der Waals surface area contributed by atoms with Crippen molar-refractivity contribution in [2.75, 3.05) is 11.9 Å². The second-order valence-electron chi connectivity index (χ2n) is 5.51. The molecule has 0 aliphatic carbocycles. The highest BCUT2D eigenvalue weighted by molar-refractivity contribution is 5.55. The van der Waals surface area contributed by atoms with Crippen LogP contribution in [0.25, 0.3) is 0 Å². The van der Waals surface area contributed by atoms with E-state index in [1.54, 1.807) is 6.07 Å². The highest BCUT2D eigenvalue weighted by Crippen LogP contribution is 2.25. The molecule has 2 nitrogen and oxygen atoms in total. The maximum absolute atomic E-state index is 13.5. The van der Waals surface area contributed by atoms with Crippen molar-refractivity contribution in [3.8, 4) is 0 Å². The maximum atomic E-state index is 13.5. The number of benzene rings is 2. The van der Waals surface area contributed by atoms with Crippen LogP contribution in [0.4, 0.5) is 10.1 Å². The maximum Gasteiger partial charge on any atom is 0.123 e. The van der Waals surface area contributed by atoms with Gasteiger partial charge in [0.25, 0.3) is 0 Å². The van der Waals surface area contributed by atoms with Crippen molar-refractivity contribution in [2.45, 2.75) is 33.0 Å². The van der Waals surface area contributed by atoms with Gasteiger partial charge in [-0.2, -0.15) is 0 Å². The molecule has 2 aromatic carbocycles. The largest absolute Gasteiger partial charge is 0.365 e.